The summed E-state index contributed by atoms with van der Waals surface area (Å²) < 4.78 is 0. The number of carbonyl (C=O) groups is 1. The summed E-state index contributed by atoms with van der Waals surface area (Å²) in [6.45, 7) is 6.00. The normalized spacial score (nSPS) is 22.9. The Morgan fingerprint density at radius 2 is 1.67 bits per heavy atom. The van der Waals surface area contributed by atoms with E-state index in [0.29, 0.717) is 11.6 Å². The average molecular weight is 385 g/mol. The molecule has 142 valence electrons. The van der Waals surface area contributed by atoms with Crippen LogP contribution in [0.25, 0.3) is 0 Å². The maximum atomic E-state index is 13.1. The van der Waals surface area contributed by atoms with Crippen molar-refractivity contribution in [2.45, 2.75) is 13.0 Å². The second kappa shape index (κ2) is 7.89. The van der Waals surface area contributed by atoms with Crippen molar-refractivity contribution >= 4 is 23.2 Å². The summed E-state index contributed by atoms with van der Waals surface area (Å²) in [5.74, 6) is 0.119. The largest absolute Gasteiger partial charge is 0.368 e. The molecule has 2 unspecified atom stereocenters. The van der Waals surface area contributed by atoms with Crippen LogP contribution < -0.4 is 15.8 Å². The summed E-state index contributed by atoms with van der Waals surface area (Å²) in [6.07, 6.45) is 0. The minimum atomic E-state index is -0.0999. The standard InChI is InChI=1S/C21H25ClN4O/c1-15-2-8-18(9-3-15)25-10-12-26(13-11-25)21(27)19-14-23-24-20(19)16-4-6-17(22)7-5-16/h2-9,19-20,23-24H,10-14H2,1H3. The molecule has 27 heavy (non-hydrogen) atoms. The van der Waals surface area contributed by atoms with Gasteiger partial charge in [-0.25, -0.2) is 5.43 Å². The van der Waals surface area contributed by atoms with Gasteiger partial charge in [-0.15, -0.1) is 0 Å². The van der Waals surface area contributed by atoms with Gasteiger partial charge in [0.1, 0.15) is 0 Å². The van der Waals surface area contributed by atoms with E-state index in [4.69, 9.17) is 11.6 Å². The minimum absolute atomic E-state index is 0.0232. The molecule has 0 aliphatic carbocycles. The predicted molar refractivity (Wildman–Crippen MR) is 109 cm³/mol. The van der Waals surface area contributed by atoms with E-state index in [1.807, 2.05) is 29.2 Å². The molecule has 6 heteroatoms. The highest BCUT2D eigenvalue weighted by Gasteiger charge is 2.37. The van der Waals surface area contributed by atoms with E-state index >= 15 is 0 Å². The fraction of sp³-hybridized carbons (Fsp3) is 0.381. The van der Waals surface area contributed by atoms with Crippen LogP contribution in [0, 0.1) is 12.8 Å². The molecular weight excluding hydrogens is 360 g/mol. The van der Waals surface area contributed by atoms with E-state index < -0.39 is 0 Å². The summed E-state index contributed by atoms with van der Waals surface area (Å²) in [6, 6.07) is 16.3. The zero-order chi connectivity index (χ0) is 18.8. The lowest BCUT2D eigenvalue weighted by Crippen LogP contribution is -2.51. The quantitative estimate of drug-likeness (QED) is 0.854. The fourth-order valence-electron chi connectivity index (χ4n) is 3.89. The van der Waals surface area contributed by atoms with Crippen molar-refractivity contribution in [2.24, 2.45) is 5.92 Å². The molecule has 0 radical (unpaired) electrons. The Morgan fingerprint density at radius 1 is 1.00 bits per heavy atom. The summed E-state index contributed by atoms with van der Waals surface area (Å²) in [5.41, 5.74) is 9.99. The van der Waals surface area contributed by atoms with Crippen LogP contribution >= 0.6 is 11.6 Å². The van der Waals surface area contributed by atoms with E-state index in [-0.39, 0.29) is 17.9 Å². The number of nitrogens with one attached hydrogen (secondary N) is 2. The average Bonchev–Trinajstić information content (AvgIpc) is 3.18. The van der Waals surface area contributed by atoms with Crippen LogP contribution in [0.4, 0.5) is 5.69 Å². The molecule has 1 amide bonds. The highest BCUT2D eigenvalue weighted by Crippen LogP contribution is 2.28. The number of aryl methyl sites for hydroxylation is 1. The van der Waals surface area contributed by atoms with Crippen molar-refractivity contribution in [3.63, 3.8) is 0 Å². The summed E-state index contributed by atoms with van der Waals surface area (Å²) in [5, 5.41) is 0.708. The number of benzene rings is 2. The van der Waals surface area contributed by atoms with Gasteiger partial charge in [0.25, 0.3) is 0 Å². The topological polar surface area (TPSA) is 47.6 Å². The van der Waals surface area contributed by atoms with Crippen LogP contribution in [0.2, 0.25) is 5.02 Å². The van der Waals surface area contributed by atoms with Gasteiger partial charge in [-0.05, 0) is 36.8 Å². The Balaban J connectivity index is 1.39. The van der Waals surface area contributed by atoms with Crippen LogP contribution in [0.5, 0.6) is 0 Å². The first-order valence-corrected chi connectivity index (χ1v) is 9.84. The Hall–Kier alpha value is -2.08. The number of hydrogen-bond acceptors (Lipinski definition) is 4. The summed E-state index contributed by atoms with van der Waals surface area (Å²) >= 11 is 6.00. The zero-order valence-corrected chi connectivity index (χ0v) is 16.2. The van der Waals surface area contributed by atoms with Gasteiger partial charge < -0.3 is 9.80 Å². The molecule has 2 N–H and O–H groups in total. The first kappa shape index (κ1) is 18.3. The minimum Gasteiger partial charge on any atom is -0.368 e. The van der Waals surface area contributed by atoms with Crippen LogP contribution in [-0.2, 0) is 4.79 Å². The third-order valence-corrected chi connectivity index (χ3v) is 5.77. The van der Waals surface area contributed by atoms with Crippen molar-refractivity contribution in [3.05, 3.63) is 64.7 Å². The van der Waals surface area contributed by atoms with E-state index in [2.05, 4.69) is 46.9 Å². The molecule has 2 fully saturated rings. The molecule has 2 heterocycles. The molecule has 0 bridgehead atoms. The third-order valence-electron chi connectivity index (χ3n) is 5.52. The van der Waals surface area contributed by atoms with Crippen molar-refractivity contribution in [3.8, 4) is 0 Å². The Kier molecular flexibility index (Phi) is 5.34. The highest BCUT2D eigenvalue weighted by molar-refractivity contribution is 6.30. The van der Waals surface area contributed by atoms with Crippen LogP contribution in [0.3, 0.4) is 0 Å². The lowest BCUT2D eigenvalue weighted by Gasteiger charge is -2.37. The van der Waals surface area contributed by atoms with Crippen molar-refractivity contribution in [2.75, 3.05) is 37.6 Å². The van der Waals surface area contributed by atoms with E-state index in [0.717, 1.165) is 31.7 Å². The van der Waals surface area contributed by atoms with Crippen molar-refractivity contribution in [1.29, 1.82) is 0 Å². The second-order valence-electron chi connectivity index (χ2n) is 7.31. The van der Waals surface area contributed by atoms with Gasteiger partial charge in [0.2, 0.25) is 5.91 Å². The number of piperazine rings is 1. The molecule has 2 aliphatic heterocycles. The molecule has 4 rings (SSSR count). The van der Waals surface area contributed by atoms with Gasteiger partial charge >= 0.3 is 0 Å². The molecule has 2 aromatic carbocycles. The SMILES string of the molecule is Cc1ccc(N2CCN(C(=O)C3CNNC3c3ccc(Cl)cc3)CC2)cc1. The molecule has 2 aliphatic rings. The lowest BCUT2D eigenvalue weighted by atomic mass is 9.93. The van der Waals surface area contributed by atoms with Crippen LogP contribution in [0.15, 0.2) is 48.5 Å². The first-order valence-electron chi connectivity index (χ1n) is 9.46. The molecule has 2 atom stereocenters. The van der Waals surface area contributed by atoms with E-state index in [9.17, 15) is 4.79 Å². The molecule has 0 saturated carbocycles. The van der Waals surface area contributed by atoms with Gasteiger partial charge in [0.05, 0.1) is 12.0 Å². The van der Waals surface area contributed by atoms with Crippen molar-refractivity contribution < 1.29 is 4.79 Å². The van der Waals surface area contributed by atoms with Gasteiger partial charge in [0, 0.05) is 43.4 Å². The number of carbonyl (C=O) groups excluding carboxylic acids is 1. The highest BCUT2D eigenvalue weighted by atomic mass is 35.5. The molecule has 2 saturated heterocycles. The number of anilines is 1. The Morgan fingerprint density at radius 3 is 2.33 bits per heavy atom. The predicted octanol–water partition coefficient (Wildman–Crippen LogP) is 2.76. The third kappa shape index (κ3) is 3.95. The molecule has 0 aromatic heterocycles. The van der Waals surface area contributed by atoms with Crippen LogP contribution in [-0.4, -0.2) is 43.5 Å². The van der Waals surface area contributed by atoms with Gasteiger partial charge in [0.15, 0.2) is 0 Å². The summed E-state index contributed by atoms with van der Waals surface area (Å²) in [4.78, 5) is 17.5. The van der Waals surface area contributed by atoms with Gasteiger partial charge in [-0.2, -0.15) is 0 Å². The maximum absolute atomic E-state index is 13.1. The zero-order valence-electron chi connectivity index (χ0n) is 15.5. The fourth-order valence-corrected chi connectivity index (χ4v) is 4.01. The number of rotatable bonds is 3. The molecule has 2 aromatic rings. The number of halogens is 1. The number of hydrogen-bond donors (Lipinski definition) is 2. The van der Waals surface area contributed by atoms with Gasteiger partial charge in [-0.1, -0.05) is 41.4 Å². The van der Waals surface area contributed by atoms with Crippen LogP contribution in [0.1, 0.15) is 17.2 Å². The Labute approximate surface area is 165 Å². The van der Waals surface area contributed by atoms with E-state index in [1.54, 1.807) is 0 Å². The lowest BCUT2D eigenvalue weighted by molar-refractivity contribution is -0.135. The Bertz CT molecular complexity index is 785. The van der Waals surface area contributed by atoms with E-state index in [1.165, 1.54) is 11.3 Å². The first-order chi connectivity index (χ1) is 13.1. The van der Waals surface area contributed by atoms with Crippen molar-refractivity contribution in [1.82, 2.24) is 15.8 Å². The molecule has 5 nitrogen and oxygen atoms in total. The summed E-state index contributed by atoms with van der Waals surface area (Å²) in [7, 11) is 0. The maximum Gasteiger partial charge on any atom is 0.229 e. The number of amides is 1. The van der Waals surface area contributed by atoms with Gasteiger partial charge in [-0.3, -0.25) is 10.2 Å². The molecular formula is C21H25ClN4O. The second-order valence-corrected chi connectivity index (χ2v) is 7.75. The number of hydrazine groups is 1. The monoisotopic (exact) mass is 384 g/mol. The smallest absolute Gasteiger partial charge is 0.229 e. The number of nitrogens with zero attached hydrogens (tertiary/aromatic N) is 2. The molecule has 0 spiro atoms.